The van der Waals surface area contributed by atoms with Gasteiger partial charge in [0.1, 0.15) is 23.2 Å². The standard InChI is InChI=1S/C23H32N8O4/c1-6-17(22(32)24-19-10-13(3)34-28-19)31(16-8-9-21-27-26-15(5)30(21)12-16)18(7-2)23(33)25-20-11-14(4)35-29-20/h10-11,16-18H,6-9,12H2,1-5H3,(H,24,28,32)(H,25,29,33). The molecule has 4 rings (SSSR count). The number of carbonyl (C=O) groups excluding carboxylic acids is 2. The summed E-state index contributed by atoms with van der Waals surface area (Å²) in [5.41, 5.74) is 0. The van der Waals surface area contributed by atoms with Crippen molar-refractivity contribution in [1.29, 1.82) is 0 Å². The van der Waals surface area contributed by atoms with Gasteiger partial charge in [0.2, 0.25) is 11.8 Å². The zero-order valence-corrected chi connectivity index (χ0v) is 20.7. The van der Waals surface area contributed by atoms with Crippen LogP contribution in [0.2, 0.25) is 0 Å². The molecule has 1 aliphatic heterocycles. The molecule has 0 radical (unpaired) electrons. The van der Waals surface area contributed by atoms with Crippen molar-refractivity contribution in [1.82, 2.24) is 30.0 Å². The SMILES string of the molecule is CCC(C(=O)Nc1cc(C)on1)N(C1CCc2nnc(C)n2C1)C(CC)C(=O)Nc1cc(C)on1. The van der Waals surface area contributed by atoms with Gasteiger partial charge in [0.25, 0.3) is 0 Å². The van der Waals surface area contributed by atoms with Gasteiger partial charge in [-0.25, -0.2) is 0 Å². The van der Waals surface area contributed by atoms with Crippen LogP contribution in [-0.4, -0.2) is 59.9 Å². The van der Waals surface area contributed by atoms with Gasteiger partial charge in [-0.15, -0.1) is 10.2 Å². The number of fused-ring (bicyclic) bond motifs is 1. The number of aryl methyl sites for hydroxylation is 4. The van der Waals surface area contributed by atoms with E-state index in [0.29, 0.717) is 49.0 Å². The van der Waals surface area contributed by atoms with E-state index in [-0.39, 0.29) is 17.9 Å². The maximum absolute atomic E-state index is 13.5. The molecule has 0 fully saturated rings. The lowest BCUT2D eigenvalue weighted by Gasteiger charge is -2.43. The van der Waals surface area contributed by atoms with Crippen LogP contribution in [0.3, 0.4) is 0 Å². The molecule has 1 aliphatic rings. The van der Waals surface area contributed by atoms with Crippen LogP contribution in [0.25, 0.3) is 0 Å². The molecule has 0 saturated carbocycles. The van der Waals surface area contributed by atoms with Gasteiger partial charge < -0.3 is 24.2 Å². The second kappa shape index (κ2) is 10.4. The molecular weight excluding hydrogens is 452 g/mol. The van der Waals surface area contributed by atoms with E-state index in [1.807, 2.05) is 25.7 Å². The lowest BCUT2D eigenvalue weighted by molar-refractivity contribution is -0.130. The molecule has 4 heterocycles. The normalized spacial score (nSPS) is 17.1. The summed E-state index contributed by atoms with van der Waals surface area (Å²) in [6.45, 7) is 9.90. The van der Waals surface area contributed by atoms with Crippen LogP contribution in [0.5, 0.6) is 0 Å². The third kappa shape index (κ3) is 5.26. The number of carbonyl (C=O) groups is 2. The number of nitrogens with zero attached hydrogens (tertiary/aromatic N) is 6. The molecule has 2 N–H and O–H groups in total. The number of rotatable bonds is 9. The lowest BCUT2D eigenvalue weighted by Crippen LogP contribution is -2.59. The molecule has 3 aromatic heterocycles. The Balaban J connectivity index is 1.65. The molecule has 3 atom stereocenters. The fourth-order valence-electron chi connectivity index (χ4n) is 4.75. The third-order valence-electron chi connectivity index (χ3n) is 6.39. The minimum atomic E-state index is -0.579. The lowest BCUT2D eigenvalue weighted by atomic mass is 9.97. The second-order valence-electron chi connectivity index (χ2n) is 8.89. The highest BCUT2D eigenvalue weighted by atomic mass is 16.5. The summed E-state index contributed by atoms with van der Waals surface area (Å²) in [4.78, 5) is 29.0. The number of anilines is 2. The monoisotopic (exact) mass is 484 g/mol. The Bertz CT molecular complexity index is 1120. The van der Waals surface area contributed by atoms with E-state index in [1.165, 1.54) is 0 Å². The molecule has 12 heteroatoms. The summed E-state index contributed by atoms with van der Waals surface area (Å²) in [6, 6.07) is 2.09. The highest BCUT2D eigenvalue weighted by Gasteiger charge is 2.40. The minimum absolute atomic E-state index is 0.0818. The molecule has 3 unspecified atom stereocenters. The topological polar surface area (TPSA) is 144 Å². The Labute approximate surface area is 203 Å². The molecule has 2 amide bonds. The van der Waals surface area contributed by atoms with E-state index >= 15 is 0 Å². The summed E-state index contributed by atoms with van der Waals surface area (Å²) in [5, 5.41) is 22.0. The fourth-order valence-corrected chi connectivity index (χ4v) is 4.75. The Morgan fingerprint density at radius 1 is 1.00 bits per heavy atom. The maximum atomic E-state index is 13.5. The van der Waals surface area contributed by atoms with Gasteiger partial charge in [-0.05, 0) is 40.0 Å². The van der Waals surface area contributed by atoms with Gasteiger partial charge in [-0.1, -0.05) is 24.2 Å². The summed E-state index contributed by atoms with van der Waals surface area (Å²) in [7, 11) is 0. The quantitative estimate of drug-likeness (QED) is 0.468. The van der Waals surface area contributed by atoms with Gasteiger partial charge in [0.05, 0.1) is 12.1 Å². The van der Waals surface area contributed by atoms with Gasteiger partial charge >= 0.3 is 0 Å². The Morgan fingerprint density at radius 2 is 1.54 bits per heavy atom. The Kier molecular flexibility index (Phi) is 7.29. The fraction of sp³-hybridized carbons (Fsp3) is 0.565. The van der Waals surface area contributed by atoms with E-state index in [1.54, 1.807) is 26.0 Å². The van der Waals surface area contributed by atoms with Crippen LogP contribution in [0, 0.1) is 20.8 Å². The van der Waals surface area contributed by atoms with Gasteiger partial charge in [-0.2, -0.15) is 0 Å². The van der Waals surface area contributed by atoms with Crippen molar-refractivity contribution in [3.63, 3.8) is 0 Å². The zero-order chi connectivity index (χ0) is 25.1. The van der Waals surface area contributed by atoms with Crippen molar-refractivity contribution in [2.75, 3.05) is 10.6 Å². The van der Waals surface area contributed by atoms with Crippen molar-refractivity contribution < 1.29 is 18.6 Å². The van der Waals surface area contributed by atoms with Gasteiger partial charge in [0, 0.05) is 31.1 Å². The largest absolute Gasteiger partial charge is 0.360 e. The zero-order valence-electron chi connectivity index (χ0n) is 20.7. The first kappa shape index (κ1) is 24.6. The van der Waals surface area contributed by atoms with Crippen LogP contribution in [-0.2, 0) is 22.6 Å². The molecule has 3 aromatic rings. The number of nitrogens with one attached hydrogen (secondary N) is 2. The van der Waals surface area contributed by atoms with Crippen molar-refractivity contribution in [2.45, 2.75) is 85.0 Å². The van der Waals surface area contributed by atoms with E-state index in [9.17, 15) is 9.59 Å². The van der Waals surface area contributed by atoms with Gasteiger partial charge in [-0.3, -0.25) is 14.5 Å². The van der Waals surface area contributed by atoms with Crippen LogP contribution in [0.15, 0.2) is 21.2 Å². The second-order valence-corrected chi connectivity index (χ2v) is 8.89. The molecule has 35 heavy (non-hydrogen) atoms. The van der Waals surface area contributed by atoms with Crippen molar-refractivity contribution in [3.8, 4) is 0 Å². The molecule has 0 aromatic carbocycles. The smallest absolute Gasteiger partial charge is 0.242 e. The van der Waals surface area contributed by atoms with Crippen LogP contribution < -0.4 is 10.6 Å². The number of hydrogen-bond acceptors (Lipinski definition) is 9. The van der Waals surface area contributed by atoms with E-state index in [2.05, 4.69) is 35.7 Å². The van der Waals surface area contributed by atoms with Crippen molar-refractivity contribution in [2.24, 2.45) is 0 Å². The first-order valence-corrected chi connectivity index (χ1v) is 11.9. The molecule has 188 valence electrons. The third-order valence-corrected chi connectivity index (χ3v) is 6.39. The van der Waals surface area contributed by atoms with Crippen LogP contribution in [0.1, 0.15) is 56.3 Å². The van der Waals surface area contributed by atoms with E-state index in [0.717, 1.165) is 18.1 Å². The summed E-state index contributed by atoms with van der Waals surface area (Å²) in [6.07, 6.45) is 2.46. The van der Waals surface area contributed by atoms with Crippen molar-refractivity contribution >= 4 is 23.5 Å². The summed E-state index contributed by atoms with van der Waals surface area (Å²) >= 11 is 0. The maximum Gasteiger partial charge on any atom is 0.242 e. The summed E-state index contributed by atoms with van der Waals surface area (Å²) in [5.74, 6) is 3.15. The van der Waals surface area contributed by atoms with Crippen LogP contribution >= 0.6 is 0 Å². The Morgan fingerprint density at radius 3 is 2.00 bits per heavy atom. The predicted octanol–water partition coefficient (Wildman–Crippen LogP) is 2.63. The highest BCUT2D eigenvalue weighted by Crippen LogP contribution is 2.27. The molecule has 12 nitrogen and oxygen atoms in total. The average molecular weight is 485 g/mol. The number of hydrogen-bond donors (Lipinski definition) is 2. The highest BCUT2D eigenvalue weighted by molar-refractivity contribution is 5.97. The molecule has 0 aliphatic carbocycles. The molecule has 0 saturated heterocycles. The molecule has 0 spiro atoms. The minimum Gasteiger partial charge on any atom is -0.360 e. The van der Waals surface area contributed by atoms with Crippen molar-refractivity contribution in [3.05, 3.63) is 35.3 Å². The first-order valence-electron chi connectivity index (χ1n) is 11.9. The number of aromatic nitrogens is 5. The first-order chi connectivity index (χ1) is 16.8. The molecular formula is C23H32N8O4. The number of amides is 2. The summed E-state index contributed by atoms with van der Waals surface area (Å²) < 4.78 is 12.3. The van der Waals surface area contributed by atoms with E-state index < -0.39 is 12.1 Å². The predicted molar refractivity (Wildman–Crippen MR) is 127 cm³/mol. The Hall–Kier alpha value is -3.54. The molecule has 0 bridgehead atoms. The average Bonchev–Trinajstić information content (AvgIpc) is 3.54. The van der Waals surface area contributed by atoms with E-state index in [4.69, 9.17) is 9.05 Å². The van der Waals surface area contributed by atoms with Crippen LogP contribution in [0.4, 0.5) is 11.6 Å². The van der Waals surface area contributed by atoms with Gasteiger partial charge in [0.15, 0.2) is 11.6 Å².